The van der Waals surface area contributed by atoms with Crippen LogP contribution in [0.5, 0.6) is 0 Å². The van der Waals surface area contributed by atoms with Crippen molar-refractivity contribution in [1.82, 2.24) is 0 Å². The van der Waals surface area contributed by atoms with Gasteiger partial charge in [-0.15, -0.1) is 0 Å². The number of carbonyl (C=O) groups is 1. The van der Waals surface area contributed by atoms with Gasteiger partial charge >= 0.3 is 0 Å². The number of ketones is 1. The predicted octanol–water partition coefficient (Wildman–Crippen LogP) is 2.38. The lowest BCUT2D eigenvalue weighted by molar-refractivity contribution is -0.131. The van der Waals surface area contributed by atoms with E-state index in [1.165, 1.54) is 11.1 Å². The molecule has 0 saturated heterocycles. The number of aliphatic hydroxyl groups excluding tert-OH is 3. The van der Waals surface area contributed by atoms with Crippen LogP contribution in [0.3, 0.4) is 0 Å². The summed E-state index contributed by atoms with van der Waals surface area (Å²) in [6.45, 7) is 5.94. The van der Waals surface area contributed by atoms with E-state index in [1.54, 1.807) is 6.92 Å². The van der Waals surface area contributed by atoms with E-state index >= 15 is 0 Å². The molecular weight excluding hydrogens is 316 g/mol. The monoisotopic (exact) mass is 346 g/mol. The van der Waals surface area contributed by atoms with Gasteiger partial charge < -0.3 is 15.3 Å². The molecule has 8 atom stereocenters. The van der Waals surface area contributed by atoms with Crippen LogP contribution in [0.1, 0.15) is 52.9 Å². The van der Waals surface area contributed by atoms with E-state index in [4.69, 9.17) is 0 Å². The summed E-state index contributed by atoms with van der Waals surface area (Å²) in [5.41, 5.74) is 2.01. The van der Waals surface area contributed by atoms with E-state index in [0.717, 1.165) is 19.3 Å². The van der Waals surface area contributed by atoms with Gasteiger partial charge in [-0.05, 0) is 56.3 Å². The fraction of sp³-hybridized carbons (Fsp3) is 0.762. The summed E-state index contributed by atoms with van der Waals surface area (Å²) in [4.78, 5) is 12.2. The lowest BCUT2D eigenvalue weighted by Gasteiger charge is -2.56. The number of allylic oxidation sites excluding steroid dienone is 3. The van der Waals surface area contributed by atoms with Crippen molar-refractivity contribution in [3.05, 3.63) is 23.3 Å². The molecule has 0 aromatic heterocycles. The third-order valence-corrected chi connectivity index (χ3v) is 8.18. The minimum absolute atomic E-state index is 0.0575. The highest BCUT2D eigenvalue weighted by atomic mass is 16.3. The molecule has 0 aromatic carbocycles. The van der Waals surface area contributed by atoms with Gasteiger partial charge in [-0.25, -0.2) is 0 Å². The lowest BCUT2D eigenvalue weighted by atomic mass is 9.49. The van der Waals surface area contributed by atoms with Crippen LogP contribution in [0.15, 0.2) is 23.3 Å². The molecule has 0 unspecified atom stereocenters. The number of hydrogen-bond acceptors (Lipinski definition) is 4. The molecule has 0 aliphatic heterocycles. The highest BCUT2D eigenvalue weighted by Crippen LogP contribution is 2.65. The first-order valence-electron chi connectivity index (χ1n) is 9.65. The van der Waals surface area contributed by atoms with Crippen LogP contribution in [0.2, 0.25) is 0 Å². The van der Waals surface area contributed by atoms with Crippen molar-refractivity contribution in [3.8, 4) is 0 Å². The van der Waals surface area contributed by atoms with Crippen LogP contribution in [-0.4, -0.2) is 39.4 Å². The number of hydrogen-bond donors (Lipinski definition) is 3. The Bertz CT molecular complexity index is 665. The van der Waals surface area contributed by atoms with Crippen LogP contribution in [-0.2, 0) is 4.79 Å². The van der Waals surface area contributed by atoms with Gasteiger partial charge in [-0.2, -0.15) is 0 Å². The highest BCUT2D eigenvalue weighted by molar-refractivity contribution is 5.80. The first kappa shape index (κ1) is 17.4. The average molecular weight is 346 g/mol. The molecule has 138 valence electrons. The molecular formula is C21H30O4. The average Bonchev–Trinajstić information content (AvgIpc) is 2.89. The minimum atomic E-state index is -0.787. The summed E-state index contributed by atoms with van der Waals surface area (Å²) in [5, 5.41) is 31.4. The van der Waals surface area contributed by atoms with Crippen LogP contribution in [0.25, 0.3) is 0 Å². The summed E-state index contributed by atoms with van der Waals surface area (Å²) in [7, 11) is 0. The number of aliphatic hydroxyl groups is 3. The van der Waals surface area contributed by atoms with Gasteiger partial charge in [-0.1, -0.05) is 37.1 Å². The van der Waals surface area contributed by atoms with Crippen molar-refractivity contribution in [2.24, 2.45) is 28.6 Å². The van der Waals surface area contributed by atoms with Crippen molar-refractivity contribution in [3.63, 3.8) is 0 Å². The number of Topliss-reactive ketones (excluding diaryl/α,β-unsaturated/α-hetero) is 1. The smallest absolute Gasteiger partial charge is 0.133 e. The van der Waals surface area contributed by atoms with Crippen LogP contribution < -0.4 is 0 Å². The number of fused-ring (bicyclic) bond motifs is 5. The number of carbonyl (C=O) groups excluding carboxylic acids is 1. The quantitative estimate of drug-likeness (QED) is 0.637. The Hall–Kier alpha value is -0.970. The lowest BCUT2D eigenvalue weighted by Crippen LogP contribution is -2.54. The maximum Gasteiger partial charge on any atom is 0.133 e. The standard InChI is InChI=1S/C21H30O4/c1-11(22)14-6-7-15-13-5-4-12-8-17(23)18(24)10-20(12,2)16(13)9-19(25)21(14,15)3/h5,8,14-19,23-25H,4,6-7,9-10H2,1-3H3/t14-,15-,16-,17-,18-,19-,20+,21-/m1/s1. The van der Waals surface area contributed by atoms with Crippen molar-refractivity contribution in [2.75, 3.05) is 0 Å². The molecule has 0 amide bonds. The van der Waals surface area contributed by atoms with Crippen LogP contribution in [0.4, 0.5) is 0 Å². The van der Waals surface area contributed by atoms with Crippen LogP contribution >= 0.6 is 0 Å². The normalized spacial score (nSPS) is 51.8. The zero-order valence-electron chi connectivity index (χ0n) is 15.4. The van der Waals surface area contributed by atoms with Gasteiger partial charge in [0.25, 0.3) is 0 Å². The molecule has 3 N–H and O–H groups in total. The van der Waals surface area contributed by atoms with Crippen molar-refractivity contribution in [2.45, 2.75) is 71.2 Å². The van der Waals surface area contributed by atoms with Crippen molar-refractivity contribution in [1.29, 1.82) is 0 Å². The van der Waals surface area contributed by atoms with E-state index in [-0.39, 0.29) is 34.4 Å². The zero-order valence-corrected chi connectivity index (χ0v) is 15.4. The molecule has 2 fully saturated rings. The van der Waals surface area contributed by atoms with Gasteiger partial charge in [0.2, 0.25) is 0 Å². The topological polar surface area (TPSA) is 77.8 Å². The first-order chi connectivity index (χ1) is 11.7. The minimum Gasteiger partial charge on any atom is -0.392 e. The van der Waals surface area contributed by atoms with E-state index in [1.807, 2.05) is 6.08 Å². The molecule has 4 rings (SSSR count). The van der Waals surface area contributed by atoms with Gasteiger partial charge in [0.05, 0.1) is 18.3 Å². The molecule has 2 saturated carbocycles. The maximum absolute atomic E-state index is 12.2. The Balaban J connectivity index is 1.77. The molecule has 4 nitrogen and oxygen atoms in total. The van der Waals surface area contributed by atoms with E-state index in [2.05, 4.69) is 19.9 Å². The fourth-order valence-corrected chi connectivity index (χ4v) is 6.69. The van der Waals surface area contributed by atoms with E-state index in [0.29, 0.717) is 12.8 Å². The molecule has 25 heavy (non-hydrogen) atoms. The second kappa shape index (κ2) is 5.51. The second-order valence-electron chi connectivity index (χ2n) is 9.24. The zero-order chi connectivity index (χ0) is 18.1. The van der Waals surface area contributed by atoms with E-state index in [9.17, 15) is 20.1 Å². The molecule has 4 heteroatoms. The summed E-state index contributed by atoms with van der Waals surface area (Å²) < 4.78 is 0. The van der Waals surface area contributed by atoms with Crippen LogP contribution in [0, 0.1) is 28.6 Å². The third kappa shape index (κ3) is 2.20. The second-order valence-corrected chi connectivity index (χ2v) is 9.24. The van der Waals surface area contributed by atoms with Gasteiger partial charge in [0, 0.05) is 11.3 Å². The molecule has 4 aliphatic rings. The Morgan fingerprint density at radius 3 is 2.56 bits per heavy atom. The van der Waals surface area contributed by atoms with Gasteiger partial charge in [0.15, 0.2) is 0 Å². The van der Waals surface area contributed by atoms with E-state index < -0.39 is 18.3 Å². The van der Waals surface area contributed by atoms with Crippen molar-refractivity contribution < 1.29 is 20.1 Å². The predicted molar refractivity (Wildman–Crippen MR) is 94.6 cm³/mol. The molecule has 4 aliphatic carbocycles. The van der Waals surface area contributed by atoms with Gasteiger partial charge in [-0.3, -0.25) is 4.79 Å². The molecule has 0 aromatic rings. The Morgan fingerprint density at radius 1 is 1.16 bits per heavy atom. The third-order valence-electron chi connectivity index (χ3n) is 8.18. The fourth-order valence-electron chi connectivity index (χ4n) is 6.69. The summed E-state index contributed by atoms with van der Waals surface area (Å²) >= 11 is 0. The summed E-state index contributed by atoms with van der Waals surface area (Å²) in [6.07, 6.45) is 5.88. The highest BCUT2D eigenvalue weighted by Gasteiger charge is 2.61. The molecule has 0 radical (unpaired) electrons. The largest absolute Gasteiger partial charge is 0.392 e. The summed E-state index contributed by atoms with van der Waals surface area (Å²) in [5.74, 6) is 0.575. The van der Waals surface area contributed by atoms with Crippen molar-refractivity contribution >= 4 is 5.78 Å². The molecule has 0 heterocycles. The Morgan fingerprint density at radius 2 is 1.88 bits per heavy atom. The number of rotatable bonds is 1. The first-order valence-corrected chi connectivity index (χ1v) is 9.65. The van der Waals surface area contributed by atoms with Gasteiger partial charge in [0.1, 0.15) is 5.78 Å². The molecule has 0 bridgehead atoms. The molecule has 0 spiro atoms. The Kier molecular flexibility index (Phi) is 3.85. The Labute approximate surface area is 149 Å². The summed E-state index contributed by atoms with van der Waals surface area (Å²) in [6, 6.07) is 0. The SMILES string of the molecule is CC(=O)[C@H]1CC[C@@H]2C3=CCC4=C[C@@H](O)[C@H](O)C[C@]4(C)[C@@H]3C[C@@H](O)[C@]12C. The maximum atomic E-state index is 12.2.